The van der Waals surface area contributed by atoms with Gasteiger partial charge in [-0.15, -0.1) is 0 Å². The summed E-state index contributed by atoms with van der Waals surface area (Å²) in [5, 5.41) is 3.51. The summed E-state index contributed by atoms with van der Waals surface area (Å²) < 4.78 is 6.71. The molecular formula is C23H22INO2. The van der Waals surface area contributed by atoms with E-state index in [1.165, 1.54) is 3.57 Å². The van der Waals surface area contributed by atoms with Crippen molar-refractivity contribution >= 4 is 34.1 Å². The normalized spacial score (nSPS) is 11.6. The van der Waals surface area contributed by atoms with Gasteiger partial charge in [-0.05, 0) is 71.5 Å². The highest BCUT2D eigenvalue weighted by atomic mass is 127. The second kappa shape index (κ2) is 9.55. The summed E-state index contributed by atoms with van der Waals surface area (Å²) in [6.07, 6.45) is 0.379. The van der Waals surface area contributed by atoms with Gasteiger partial charge in [0, 0.05) is 21.2 Å². The van der Waals surface area contributed by atoms with Crippen molar-refractivity contribution in [1.82, 2.24) is 0 Å². The summed E-state index contributed by atoms with van der Waals surface area (Å²) in [5.74, 6) is 0.955. The highest BCUT2D eigenvalue weighted by Gasteiger charge is 2.17. The number of hydrogen-bond donors (Lipinski definition) is 1. The van der Waals surface area contributed by atoms with Crippen LogP contribution in [-0.2, 0) is 0 Å². The van der Waals surface area contributed by atoms with E-state index >= 15 is 0 Å². The minimum absolute atomic E-state index is 0.117. The Hall–Kier alpha value is -2.34. The van der Waals surface area contributed by atoms with Gasteiger partial charge >= 0.3 is 0 Å². The molecule has 0 heterocycles. The molecule has 0 saturated heterocycles. The number of Topliss-reactive ketones (excluding diaryl/α,β-unsaturated/α-hetero) is 1. The van der Waals surface area contributed by atoms with Crippen LogP contribution in [0.25, 0.3) is 0 Å². The minimum atomic E-state index is -0.117. The van der Waals surface area contributed by atoms with E-state index in [4.69, 9.17) is 4.74 Å². The lowest BCUT2D eigenvalue weighted by atomic mass is 9.97. The standard InChI is InChI=1S/C23H22INO2/c1-2-27-21-14-8-17(9-15-21)22(25-20-12-10-19(24)11-13-20)16-23(26)18-6-4-3-5-7-18/h3-15,22,25H,2,16H2,1H3. The number of anilines is 1. The molecule has 4 heteroatoms. The molecule has 0 bridgehead atoms. The van der Waals surface area contributed by atoms with Crippen molar-refractivity contribution in [1.29, 1.82) is 0 Å². The average Bonchev–Trinajstić information content (AvgIpc) is 2.70. The van der Waals surface area contributed by atoms with E-state index in [2.05, 4.69) is 40.0 Å². The van der Waals surface area contributed by atoms with Gasteiger partial charge in [-0.1, -0.05) is 42.5 Å². The molecule has 0 aromatic heterocycles. The number of benzene rings is 3. The first-order valence-electron chi connectivity index (χ1n) is 8.99. The fourth-order valence-corrected chi connectivity index (χ4v) is 3.25. The Morgan fingerprint density at radius 2 is 1.63 bits per heavy atom. The number of ketones is 1. The maximum absolute atomic E-state index is 12.8. The van der Waals surface area contributed by atoms with Crippen LogP contribution < -0.4 is 10.1 Å². The Labute approximate surface area is 173 Å². The molecule has 0 amide bonds. The fourth-order valence-electron chi connectivity index (χ4n) is 2.89. The van der Waals surface area contributed by atoms with Crippen molar-refractivity contribution in [2.75, 3.05) is 11.9 Å². The number of carbonyl (C=O) groups excluding carboxylic acids is 1. The molecule has 3 rings (SSSR count). The van der Waals surface area contributed by atoms with Crippen LogP contribution in [0.5, 0.6) is 5.75 Å². The minimum Gasteiger partial charge on any atom is -0.494 e. The number of nitrogens with one attached hydrogen (secondary N) is 1. The zero-order chi connectivity index (χ0) is 19.1. The third-order valence-electron chi connectivity index (χ3n) is 4.26. The molecule has 1 unspecified atom stereocenters. The molecule has 3 nitrogen and oxygen atoms in total. The quantitative estimate of drug-likeness (QED) is 0.318. The monoisotopic (exact) mass is 471 g/mol. The SMILES string of the molecule is CCOc1ccc(C(CC(=O)c2ccccc2)Nc2ccc(I)cc2)cc1. The topological polar surface area (TPSA) is 38.3 Å². The zero-order valence-electron chi connectivity index (χ0n) is 15.2. The van der Waals surface area contributed by atoms with E-state index in [0.29, 0.717) is 13.0 Å². The van der Waals surface area contributed by atoms with Crippen LogP contribution >= 0.6 is 22.6 Å². The predicted octanol–water partition coefficient (Wildman–Crippen LogP) is 6.12. The van der Waals surface area contributed by atoms with Gasteiger partial charge < -0.3 is 10.1 Å². The summed E-state index contributed by atoms with van der Waals surface area (Å²) >= 11 is 2.28. The lowest BCUT2D eigenvalue weighted by molar-refractivity contribution is 0.0976. The highest BCUT2D eigenvalue weighted by Crippen LogP contribution is 2.26. The summed E-state index contributed by atoms with van der Waals surface area (Å²) in [6, 6.07) is 25.5. The van der Waals surface area contributed by atoms with Gasteiger partial charge in [-0.25, -0.2) is 0 Å². The number of ether oxygens (including phenoxy) is 1. The number of rotatable bonds is 8. The number of carbonyl (C=O) groups is 1. The maximum atomic E-state index is 12.8. The first kappa shape index (κ1) is 19.4. The largest absolute Gasteiger partial charge is 0.494 e. The van der Waals surface area contributed by atoms with E-state index in [-0.39, 0.29) is 11.8 Å². The summed E-state index contributed by atoms with van der Waals surface area (Å²) in [6.45, 7) is 2.60. The predicted molar refractivity (Wildman–Crippen MR) is 119 cm³/mol. The first-order valence-corrected chi connectivity index (χ1v) is 10.1. The van der Waals surface area contributed by atoms with Gasteiger partial charge in [-0.2, -0.15) is 0 Å². The van der Waals surface area contributed by atoms with Crippen molar-refractivity contribution in [2.24, 2.45) is 0 Å². The van der Waals surface area contributed by atoms with Crippen LogP contribution in [-0.4, -0.2) is 12.4 Å². The van der Waals surface area contributed by atoms with Gasteiger partial charge in [0.25, 0.3) is 0 Å². The Kier molecular flexibility index (Phi) is 6.87. The van der Waals surface area contributed by atoms with Gasteiger partial charge in [0.05, 0.1) is 12.6 Å². The number of halogens is 1. The van der Waals surface area contributed by atoms with Crippen LogP contribution in [0.4, 0.5) is 5.69 Å². The Morgan fingerprint density at radius 1 is 0.963 bits per heavy atom. The summed E-state index contributed by atoms with van der Waals surface area (Å²) in [5.41, 5.74) is 2.79. The first-order chi connectivity index (χ1) is 13.2. The van der Waals surface area contributed by atoms with Crippen molar-refractivity contribution in [3.05, 3.63) is 93.6 Å². The van der Waals surface area contributed by atoms with Crippen LogP contribution in [0.15, 0.2) is 78.9 Å². The molecule has 1 N–H and O–H groups in total. The van der Waals surface area contributed by atoms with Crippen LogP contribution in [0.3, 0.4) is 0 Å². The molecule has 3 aromatic rings. The Morgan fingerprint density at radius 3 is 2.26 bits per heavy atom. The molecule has 1 atom stereocenters. The van der Waals surface area contributed by atoms with Gasteiger partial charge in [-0.3, -0.25) is 4.79 Å². The lowest BCUT2D eigenvalue weighted by Gasteiger charge is -2.20. The molecule has 0 radical (unpaired) electrons. The fraction of sp³-hybridized carbons (Fsp3) is 0.174. The second-order valence-electron chi connectivity index (χ2n) is 6.20. The molecule has 0 fully saturated rings. The average molecular weight is 471 g/mol. The molecule has 0 spiro atoms. The van der Waals surface area contributed by atoms with Gasteiger partial charge in [0.15, 0.2) is 5.78 Å². The maximum Gasteiger partial charge on any atom is 0.165 e. The van der Waals surface area contributed by atoms with Gasteiger partial charge in [0.2, 0.25) is 0 Å². The van der Waals surface area contributed by atoms with Crippen molar-refractivity contribution in [2.45, 2.75) is 19.4 Å². The lowest BCUT2D eigenvalue weighted by Crippen LogP contribution is -2.16. The third kappa shape index (κ3) is 5.57. The van der Waals surface area contributed by atoms with E-state index in [9.17, 15) is 4.79 Å². The third-order valence-corrected chi connectivity index (χ3v) is 4.98. The van der Waals surface area contributed by atoms with Crippen molar-refractivity contribution in [3.63, 3.8) is 0 Å². The summed E-state index contributed by atoms with van der Waals surface area (Å²) in [7, 11) is 0. The smallest absolute Gasteiger partial charge is 0.165 e. The van der Waals surface area contributed by atoms with Crippen LogP contribution in [0.1, 0.15) is 35.3 Å². The molecule has 0 saturated carbocycles. The Balaban J connectivity index is 1.83. The molecular weight excluding hydrogens is 449 g/mol. The highest BCUT2D eigenvalue weighted by molar-refractivity contribution is 14.1. The van der Waals surface area contributed by atoms with E-state index < -0.39 is 0 Å². The van der Waals surface area contributed by atoms with E-state index in [1.807, 2.05) is 73.7 Å². The van der Waals surface area contributed by atoms with Gasteiger partial charge in [0.1, 0.15) is 5.75 Å². The molecule has 3 aromatic carbocycles. The van der Waals surface area contributed by atoms with Crippen LogP contribution in [0, 0.1) is 3.57 Å². The Bertz CT molecular complexity index is 861. The molecule has 0 aliphatic carbocycles. The zero-order valence-corrected chi connectivity index (χ0v) is 17.3. The molecule has 0 aliphatic rings. The molecule has 138 valence electrons. The van der Waals surface area contributed by atoms with Crippen molar-refractivity contribution < 1.29 is 9.53 Å². The van der Waals surface area contributed by atoms with Crippen molar-refractivity contribution in [3.8, 4) is 5.75 Å². The number of hydrogen-bond acceptors (Lipinski definition) is 3. The molecule has 0 aliphatic heterocycles. The summed E-state index contributed by atoms with van der Waals surface area (Å²) in [4.78, 5) is 12.8. The van der Waals surface area contributed by atoms with Crippen LogP contribution in [0.2, 0.25) is 0 Å². The molecule has 27 heavy (non-hydrogen) atoms. The van der Waals surface area contributed by atoms with E-state index in [0.717, 1.165) is 22.6 Å². The van der Waals surface area contributed by atoms with E-state index in [1.54, 1.807) is 0 Å². The second-order valence-corrected chi connectivity index (χ2v) is 7.44.